The maximum Gasteiger partial charge on any atom is 0.207 e. The fraction of sp³-hybridized carbons (Fsp3) is 0.417. The minimum absolute atomic E-state index is 0.148. The Hall–Kier alpha value is -1.51. The van der Waals surface area contributed by atoms with Gasteiger partial charge < -0.3 is 10.1 Å². The Bertz CT molecular complexity index is 336. The summed E-state index contributed by atoms with van der Waals surface area (Å²) in [5.74, 6) is 0.894. The number of nitrogens with one attached hydrogen (secondary N) is 1. The van der Waals surface area contributed by atoms with E-state index in [1.54, 1.807) is 7.11 Å². The lowest BCUT2D eigenvalue weighted by Crippen LogP contribution is -2.26. The van der Waals surface area contributed by atoms with Crippen molar-refractivity contribution < 1.29 is 9.53 Å². The minimum atomic E-state index is 0.148. The fourth-order valence-corrected chi connectivity index (χ4v) is 1.52. The molecule has 1 N–H and O–H groups in total. The summed E-state index contributed by atoms with van der Waals surface area (Å²) in [4.78, 5) is 10.2. The molecule has 1 aromatic carbocycles. The quantitative estimate of drug-likeness (QED) is 0.746. The lowest BCUT2D eigenvalue weighted by atomic mass is 10.0. The summed E-state index contributed by atoms with van der Waals surface area (Å²) in [6.45, 7) is 3.98. The summed E-state index contributed by atoms with van der Waals surface area (Å²) in [5, 5.41) is 2.72. The molecule has 0 saturated heterocycles. The highest BCUT2D eigenvalue weighted by atomic mass is 16.5. The van der Waals surface area contributed by atoms with Crippen LogP contribution in [0.1, 0.15) is 18.1 Å². The van der Waals surface area contributed by atoms with E-state index < -0.39 is 0 Å². The summed E-state index contributed by atoms with van der Waals surface area (Å²) in [5.41, 5.74) is 2.29. The van der Waals surface area contributed by atoms with Gasteiger partial charge in [0.05, 0.1) is 7.11 Å². The number of amides is 1. The van der Waals surface area contributed by atoms with Gasteiger partial charge in [-0.05, 0) is 37.5 Å². The number of carbonyl (C=O) groups excluding carboxylic acids is 1. The van der Waals surface area contributed by atoms with Crippen molar-refractivity contribution in [3.05, 3.63) is 29.3 Å². The molecule has 3 nitrogen and oxygen atoms in total. The van der Waals surface area contributed by atoms with Crippen molar-refractivity contribution in [1.82, 2.24) is 5.32 Å². The van der Waals surface area contributed by atoms with Crippen LogP contribution in [0.4, 0.5) is 0 Å². The van der Waals surface area contributed by atoms with E-state index in [1.807, 2.05) is 26.0 Å². The van der Waals surface area contributed by atoms with Crippen molar-refractivity contribution in [3.8, 4) is 5.75 Å². The second-order valence-electron chi connectivity index (χ2n) is 3.69. The molecular weight excluding hydrogens is 190 g/mol. The molecule has 0 unspecified atom stereocenters. The monoisotopic (exact) mass is 207 g/mol. The fourth-order valence-electron chi connectivity index (χ4n) is 1.52. The van der Waals surface area contributed by atoms with Gasteiger partial charge in [-0.2, -0.15) is 0 Å². The van der Waals surface area contributed by atoms with Gasteiger partial charge in [0, 0.05) is 6.04 Å². The summed E-state index contributed by atoms with van der Waals surface area (Å²) in [7, 11) is 1.67. The smallest absolute Gasteiger partial charge is 0.207 e. The molecule has 1 amide bonds. The zero-order chi connectivity index (χ0) is 11.3. The van der Waals surface area contributed by atoms with Crippen LogP contribution in [0, 0.1) is 6.92 Å². The summed E-state index contributed by atoms with van der Waals surface area (Å²) < 4.78 is 5.24. The van der Waals surface area contributed by atoms with Gasteiger partial charge in [-0.3, -0.25) is 4.79 Å². The van der Waals surface area contributed by atoms with E-state index in [9.17, 15) is 4.79 Å². The average molecular weight is 207 g/mol. The molecule has 0 radical (unpaired) electrons. The SMILES string of the molecule is COc1cc(C[C@H](C)NC=O)ccc1C. The van der Waals surface area contributed by atoms with Gasteiger partial charge in [0.2, 0.25) is 6.41 Å². The Morgan fingerprint density at radius 3 is 2.87 bits per heavy atom. The maximum absolute atomic E-state index is 10.2. The highest BCUT2D eigenvalue weighted by molar-refractivity contribution is 5.46. The molecule has 82 valence electrons. The Balaban J connectivity index is 2.73. The molecule has 0 bridgehead atoms. The number of methoxy groups -OCH3 is 1. The number of hydrogen-bond acceptors (Lipinski definition) is 2. The zero-order valence-corrected chi connectivity index (χ0v) is 9.41. The third-order valence-corrected chi connectivity index (χ3v) is 2.37. The molecular formula is C12H17NO2. The predicted molar refractivity (Wildman–Crippen MR) is 60.1 cm³/mol. The van der Waals surface area contributed by atoms with Gasteiger partial charge >= 0.3 is 0 Å². The number of carbonyl (C=O) groups is 1. The van der Waals surface area contributed by atoms with E-state index >= 15 is 0 Å². The standard InChI is InChI=1S/C12H17NO2/c1-9-4-5-11(7-12(9)15-3)6-10(2)13-8-14/h4-5,7-8,10H,6H2,1-3H3,(H,13,14)/t10-/m0/s1. The topological polar surface area (TPSA) is 38.3 Å². The number of aryl methyl sites for hydroxylation is 1. The first-order valence-electron chi connectivity index (χ1n) is 5.00. The van der Waals surface area contributed by atoms with Crippen molar-refractivity contribution in [2.45, 2.75) is 26.3 Å². The number of ether oxygens (including phenoxy) is 1. The largest absolute Gasteiger partial charge is 0.496 e. The van der Waals surface area contributed by atoms with Crippen LogP contribution in [0.3, 0.4) is 0 Å². The second-order valence-corrected chi connectivity index (χ2v) is 3.69. The molecule has 15 heavy (non-hydrogen) atoms. The van der Waals surface area contributed by atoms with Crippen LogP contribution in [0.5, 0.6) is 5.75 Å². The van der Waals surface area contributed by atoms with Crippen LogP contribution >= 0.6 is 0 Å². The first-order chi connectivity index (χ1) is 7.17. The number of rotatable bonds is 5. The third-order valence-electron chi connectivity index (χ3n) is 2.37. The summed E-state index contributed by atoms with van der Waals surface area (Å²) in [6, 6.07) is 6.25. The molecule has 0 aliphatic heterocycles. The molecule has 0 spiro atoms. The normalized spacial score (nSPS) is 11.9. The lowest BCUT2D eigenvalue weighted by molar-refractivity contribution is -0.110. The molecule has 0 aliphatic rings. The van der Waals surface area contributed by atoms with Crippen LogP contribution in [-0.2, 0) is 11.2 Å². The molecule has 0 saturated carbocycles. The number of benzene rings is 1. The van der Waals surface area contributed by atoms with Crippen LogP contribution in [0.15, 0.2) is 18.2 Å². The van der Waals surface area contributed by atoms with Crippen molar-refractivity contribution in [3.63, 3.8) is 0 Å². The van der Waals surface area contributed by atoms with Crippen LogP contribution < -0.4 is 10.1 Å². The Morgan fingerprint density at radius 1 is 1.53 bits per heavy atom. The molecule has 0 heterocycles. The molecule has 1 aromatic rings. The Kier molecular flexibility index (Phi) is 4.16. The van der Waals surface area contributed by atoms with Gasteiger partial charge in [-0.1, -0.05) is 12.1 Å². The number of hydrogen-bond donors (Lipinski definition) is 1. The van der Waals surface area contributed by atoms with Gasteiger partial charge in [0.25, 0.3) is 0 Å². The maximum atomic E-state index is 10.2. The third kappa shape index (κ3) is 3.27. The zero-order valence-electron chi connectivity index (χ0n) is 9.41. The molecule has 1 atom stereocenters. The van der Waals surface area contributed by atoms with E-state index in [2.05, 4.69) is 11.4 Å². The van der Waals surface area contributed by atoms with Gasteiger partial charge in [-0.25, -0.2) is 0 Å². The van der Waals surface area contributed by atoms with E-state index in [0.29, 0.717) is 0 Å². The van der Waals surface area contributed by atoms with E-state index in [1.165, 1.54) is 5.56 Å². The van der Waals surface area contributed by atoms with Crippen LogP contribution in [-0.4, -0.2) is 19.6 Å². The first kappa shape index (κ1) is 11.6. The van der Waals surface area contributed by atoms with Gasteiger partial charge in [0.1, 0.15) is 5.75 Å². The Labute approximate surface area is 90.4 Å². The molecule has 1 rings (SSSR count). The van der Waals surface area contributed by atoms with Crippen molar-refractivity contribution in [1.29, 1.82) is 0 Å². The van der Waals surface area contributed by atoms with Gasteiger partial charge in [0.15, 0.2) is 0 Å². The Morgan fingerprint density at radius 2 is 2.27 bits per heavy atom. The summed E-state index contributed by atoms with van der Waals surface area (Å²) in [6.07, 6.45) is 1.55. The van der Waals surface area contributed by atoms with Crippen LogP contribution in [0.25, 0.3) is 0 Å². The van der Waals surface area contributed by atoms with Crippen molar-refractivity contribution in [2.24, 2.45) is 0 Å². The van der Waals surface area contributed by atoms with E-state index in [4.69, 9.17) is 4.74 Å². The van der Waals surface area contributed by atoms with Crippen LogP contribution in [0.2, 0.25) is 0 Å². The van der Waals surface area contributed by atoms with Gasteiger partial charge in [-0.15, -0.1) is 0 Å². The summed E-state index contributed by atoms with van der Waals surface area (Å²) >= 11 is 0. The molecule has 0 aliphatic carbocycles. The highest BCUT2D eigenvalue weighted by Crippen LogP contribution is 2.19. The molecule has 0 fully saturated rings. The second kappa shape index (κ2) is 5.39. The van der Waals surface area contributed by atoms with Crippen molar-refractivity contribution in [2.75, 3.05) is 7.11 Å². The highest BCUT2D eigenvalue weighted by Gasteiger charge is 2.04. The minimum Gasteiger partial charge on any atom is -0.496 e. The molecule has 3 heteroatoms. The predicted octanol–water partition coefficient (Wildman–Crippen LogP) is 1.68. The first-order valence-corrected chi connectivity index (χ1v) is 5.00. The van der Waals surface area contributed by atoms with E-state index in [0.717, 1.165) is 24.1 Å². The van der Waals surface area contributed by atoms with E-state index in [-0.39, 0.29) is 6.04 Å². The van der Waals surface area contributed by atoms with Crippen molar-refractivity contribution >= 4 is 6.41 Å². The lowest BCUT2D eigenvalue weighted by Gasteiger charge is -2.12. The average Bonchev–Trinajstić information content (AvgIpc) is 2.21. The molecule has 0 aromatic heterocycles.